The van der Waals surface area contributed by atoms with Crippen LogP contribution in [-0.4, -0.2) is 13.2 Å². The van der Waals surface area contributed by atoms with Gasteiger partial charge in [0.1, 0.15) is 11.9 Å². The summed E-state index contributed by atoms with van der Waals surface area (Å²) in [5.74, 6) is 0.931. The van der Waals surface area contributed by atoms with Gasteiger partial charge >= 0.3 is 0 Å². The van der Waals surface area contributed by atoms with Crippen molar-refractivity contribution >= 4 is 26.7 Å². The van der Waals surface area contributed by atoms with E-state index in [1.54, 1.807) is 7.11 Å². The minimum Gasteiger partial charge on any atom is -0.487 e. The molecule has 0 bridgehead atoms. The summed E-state index contributed by atoms with van der Waals surface area (Å²) in [4.78, 5) is 5.12. The van der Waals surface area contributed by atoms with Crippen LogP contribution in [0.15, 0.2) is 34.8 Å². The third-order valence-corrected chi connectivity index (χ3v) is 4.38. The monoisotopic (exact) mass is 321 g/mol. The van der Waals surface area contributed by atoms with Gasteiger partial charge in [-0.3, -0.25) is 0 Å². The molecule has 0 spiro atoms. The second kappa shape index (κ2) is 5.12. The number of rotatable bonds is 3. The van der Waals surface area contributed by atoms with E-state index in [1.165, 1.54) is 10.8 Å². The molecule has 0 amide bonds. The molecular weight excluding hydrogens is 306 g/mol. The van der Waals surface area contributed by atoms with E-state index in [-0.39, 0.29) is 12.1 Å². The van der Waals surface area contributed by atoms with E-state index in [0.717, 1.165) is 22.2 Å². The van der Waals surface area contributed by atoms with Gasteiger partial charge < -0.3 is 9.57 Å². The number of benzene rings is 2. The zero-order valence-electron chi connectivity index (χ0n) is 10.9. The molecule has 3 nitrogen and oxygen atoms in total. The average molecular weight is 322 g/mol. The van der Waals surface area contributed by atoms with Crippen LogP contribution < -0.4 is 10.2 Å². The Morgan fingerprint density at radius 3 is 2.89 bits per heavy atom. The quantitative estimate of drug-likeness (QED) is 0.868. The van der Waals surface area contributed by atoms with Crippen molar-refractivity contribution in [2.24, 2.45) is 0 Å². The fourth-order valence-electron chi connectivity index (χ4n) is 2.66. The van der Waals surface area contributed by atoms with Gasteiger partial charge in [0.05, 0.1) is 17.6 Å². The van der Waals surface area contributed by atoms with E-state index in [1.807, 2.05) is 12.1 Å². The summed E-state index contributed by atoms with van der Waals surface area (Å²) >= 11 is 3.67. The Balaban J connectivity index is 2.18. The fraction of sp³-hybridized carbons (Fsp3) is 0.333. The highest BCUT2D eigenvalue weighted by Gasteiger charge is 2.35. The van der Waals surface area contributed by atoms with Crippen molar-refractivity contribution in [1.29, 1.82) is 0 Å². The first kappa shape index (κ1) is 12.9. The maximum Gasteiger partial charge on any atom is 0.139 e. The van der Waals surface area contributed by atoms with Crippen molar-refractivity contribution in [3.05, 3.63) is 40.4 Å². The number of halogens is 1. The second-order valence-corrected chi connectivity index (χ2v) is 5.49. The molecule has 1 aliphatic heterocycles. The molecular formula is C15H16BrNO2. The number of hydrogen-bond acceptors (Lipinski definition) is 3. The molecule has 4 heteroatoms. The SMILES string of the molecule is CCC1Oc2c(cc3ccccc3c2Br)C1NOC. The largest absolute Gasteiger partial charge is 0.487 e. The van der Waals surface area contributed by atoms with Crippen molar-refractivity contribution in [2.75, 3.05) is 7.11 Å². The van der Waals surface area contributed by atoms with Gasteiger partial charge in [-0.05, 0) is 39.2 Å². The molecule has 2 unspecified atom stereocenters. The summed E-state index contributed by atoms with van der Waals surface area (Å²) in [7, 11) is 1.64. The van der Waals surface area contributed by atoms with Gasteiger partial charge in [0.25, 0.3) is 0 Å². The second-order valence-electron chi connectivity index (χ2n) is 4.69. The van der Waals surface area contributed by atoms with Crippen LogP contribution in [-0.2, 0) is 4.84 Å². The zero-order chi connectivity index (χ0) is 13.4. The lowest BCUT2D eigenvalue weighted by Gasteiger charge is -2.17. The maximum absolute atomic E-state index is 6.07. The summed E-state index contributed by atoms with van der Waals surface area (Å²) in [6.45, 7) is 2.12. The minimum atomic E-state index is 0.0749. The molecule has 100 valence electrons. The molecule has 0 saturated carbocycles. The predicted octanol–water partition coefficient (Wildman–Crippen LogP) is 3.97. The van der Waals surface area contributed by atoms with Gasteiger partial charge in [-0.2, -0.15) is 5.48 Å². The molecule has 0 radical (unpaired) electrons. The molecule has 1 heterocycles. The van der Waals surface area contributed by atoms with Crippen LogP contribution in [0.3, 0.4) is 0 Å². The molecule has 2 aromatic rings. The van der Waals surface area contributed by atoms with Gasteiger partial charge in [-0.1, -0.05) is 31.2 Å². The third kappa shape index (κ3) is 2.04. The first-order valence-corrected chi connectivity index (χ1v) is 7.21. The topological polar surface area (TPSA) is 30.5 Å². The molecule has 1 N–H and O–H groups in total. The highest BCUT2D eigenvalue weighted by Crippen LogP contribution is 2.46. The molecule has 0 aliphatic carbocycles. The molecule has 1 aliphatic rings. The number of hydroxylamine groups is 1. The number of fused-ring (bicyclic) bond motifs is 2. The first-order valence-electron chi connectivity index (χ1n) is 6.42. The Kier molecular flexibility index (Phi) is 3.48. The van der Waals surface area contributed by atoms with Gasteiger partial charge in [-0.25, -0.2) is 0 Å². The molecule has 2 atom stereocenters. The molecule has 0 saturated heterocycles. The summed E-state index contributed by atoms with van der Waals surface area (Å²) < 4.78 is 7.10. The van der Waals surface area contributed by atoms with Gasteiger partial charge in [0.2, 0.25) is 0 Å². The van der Waals surface area contributed by atoms with Crippen LogP contribution in [0, 0.1) is 0 Å². The highest BCUT2D eigenvalue weighted by molar-refractivity contribution is 9.10. The van der Waals surface area contributed by atoms with Crippen LogP contribution in [0.1, 0.15) is 24.9 Å². The predicted molar refractivity (Wildman–Crippen MR) is 79.2 cm³/mol. The Labute approximate surface area is 121 Å². The Hall–Kier alpha value is -1.10. The summed E-state index contributed by atoms with van der Waals surface area (Å²) in [5, 5.41) is 2.38. The lowest BCUT2D eigenvalue weighted by atomic mass is 9.99. The van der Waals surface area contributed by atoms with Crippen LogP contribution in [0.25, 0.3) is 10.8 Å². The van der Waals surface area contributed by atoms with Crippen molar-refractivity contribution in [3.63, 3.8) is 0 Å². The van der Waals surface area contributed by atoms with Crippen molar-refractivity contribution < 1.29 is 9.57 Å². The third-order valence-electron chi connectivity index (χ3n) is 3.59. The summed E-state index contributed by atoms with van der Waals surface area (Å²) in [5.41, 5.74) is 4.20. The standard InChI is InChI=1S/C15H16BrNO2/c1-3-12-14(17-18-2)11-8-9-6-4-5-7-10(9)13(16)15(11)19-12/h4-8,12,14,17H,3H2,1-2H3. The van der Waals surface area contributed by atoms with Crippen LogP contribution in [0.2, 0.25) is 0 Å². The maximum atomic E-state index is 6.07. The fourth-order valence-corrected chi connectivity index (χ4v) is 3.34. The van der Waals surface area contributed by atoms with Crippen LogP contribution >= 0.6 is 15.9 Å². The van der Waals surface area contributed by atoms with E-state index in [4.69, 9.17) is 9.57 Å². The van der Waals surface area contributed by atoms with E-state index >= 15 is 0 Å². The van der Waals surface area contributed by atoms with Crippen LogP contribution in [0.5, 0.6) is 5.75 Å². The molecule has 2 aromatic carbocycles. The average Bonchev–Trinajstić information content (AvgIpc) is 2.78. The number of nitrogens with one attached hydrogen (secondary N) is 1. The van der Waals surface area contributed by atoms with Crippen molar-refractivity contribution in [2.45, 2.75) is 25.5 Å². The van der Waals surface area contributed by atoms with Crippen LogP contribution in [0.4, 0.5) is 0 Å². The van der Waals surface area contributed by atoms with Gasteiger partial charge in [0.15, 0.2) is 0 Å². The summed E-state index contributed by atoms with van der Waals surface area (Å²) in [6.07, 6.45) is 1.03. The molecule has 0 fully saturated rings. The van der Waals surface area contributed by atoms with E-state index in [9.17, 15) is 0 Å². The van der Waals surface area contributed by atoms with Crippen molar-refractivity contribution in [3.8, 4) is 5.75 Å². The molecule has 0 aromatic heterocycles. The highest BCUT2D eigenvalue weighted by atomic mass is 79.9. The zero-order valence-corrected chi connectivity index (χ0v) is 12.5. The number of hydrogen-bond donors (Lipinski definition) is 1. The van der Waals surface area contributed by atoms with Gasteiger partial charge in [0, 0.05) is 5.56 Å². The normalized spacial score (nSPS) is 21.4. The Bertz CT molecular complexity index is 614. The van der Waals surface area contributed by atoms with E-state index < -0.39 is 0 Å². The van der Waals surface area contributed by atoms with E-state index in [2.05, 4.69) is 46.5 Å². The lowest BCUT2D eigenvalue weighted by Crippen LogP contribution is -2.29. The minimum absolute atomic E-state index is 0.0749. The Morgan fingerprint density at radius 1 is 1.37 bits per heavy atom. The van der Waals surface area contributed by atoms with Gasteiger partial charge in [-0.15, -0.1) is 0 Å². The van der Waals surface area contributed by atoms with E-state index in [0.29, 0.717) is 0 Å². The Morgan fingerprint density at radius 2 is 2.16 bits per heavy atom. The molecule has 19 heavy (non-hydrogen) atoms. The molecule has 3 rings (SSSR count). The lowest BCUT2D eigenvalue weighted by molar-refractivity contribution is 0.0283. The van der Waals surface area contributed by atoms with Crippen molar-refractivity contribution in [1.82, 2.24) is 5.48 Å². The smallest absolute Gasteiger partial charge is 0.139 e. The summed E-state index contributed by atoms with van der Waals surface area (Å²) in [6, 6.07) is 10.6. The number of ether oxygens (including phenoxy) is 1. The first-order chi connectivity index (χ1) is 9.26.